The first-order chi connectivity index (χ1) is 8.19. The first-order valence-electron chi connectivity index (χ1n) is 5.98. The van der Waals surface area contributed by atoms with Crippen molar-refractivity contribution in [3.8, 4) is 0 Å². The molecule has 0 spiro atoms. The molecule has 0 saturated heterocycles. The Morgan fingerprint density at radius 3 is 2.88 bits per heavy atom. The van der Waals surface area contributed by atoms with Crippen molar-refractivity contribution >= 4 is 5.91 Å². The molecule has 0 aliphatic heterocycles. The zero-order valence-corrected chi connectivity index (χ0v) is 10.4. The molecule has 0 aromatic carbocycles. The minimum absolute atomic E-state index is 0.156. The Hall–Kier alpha value is -1.36. The maximum atomic E-state index is 11.7. The van der Waals surface area contributed by atoms with Crippen LogP contribution in [0.1, 0.15) is 42.4 Å². The number of aliphatic hydroxyl groups excluding tert-OH is 1. The van der Waals surface area contributed by atoms with Gasteiger partial charge in [0.25, 0.3) is 5.91 Å². The van der Waals surface area contributed by atoms with Crippen molar-refractivity contribution in [2.45, 2.75) is 33.1 Å². The molecule has 0 fully saturated rings. The van der Waals surface area contributed by atoms with Gasteiger partial charge in [0, 0.05) is 13.2 Å². The van der Waals surface area contributed by atoms with Crippen molar-refractivity contribution in [1.82, 2.24) is 10.3 Å². The summed E-state index contributed by atoms with van der Waals surface area (Å²) in [6.07, 6.45) is 4.02. The second-order valence-electron chi connectivity index (χ2n) is 4.13. The standard InChI is InChI=1S/C12H20N2O3/c1-3-4-10(5-6-15)7-13-12(16)11-9(2)17-8-14-11/h8,10,15H,3-7H2,1-2H3,(H,13,16). The molecule has 0 saturated carbocycles. The van der Waals surface area contributed by atoms with Gasteiger partial charge in [-0.05, 0) is 25.7 Å². The third-order valence-corrected chi connectivity index (χ3v) is 2.75. The molecule has 2 N–H and O–H groups in total. The first kappa shape index (κ1) is 13.7. The number of oxazole rings is 1. The SMILES string of the molecule is CCCC(CCO)CNC(=O)c1ncoc1C. The van der Waals surface area contributed by atoms with Crippen LogP contribution in [-0.2, 0) is 0 Å². The van der Waals surface area contributed by atoms with Gasteiger partial charge in [0.05, 0.1) is 0 Å². The van der Waals surface area contributed by atoms with E-state index in [1.165, 1.54) is 6.39 Å². The molecule has 1 aromatic heterocycles. The Morgan fingerprint density at radius 1 is 1.59 bits per heavy atom. The van der Waals surface area contributed by atoms with Gasteiger partial charge in [0.15, 0.2) is 12.1 Å². The van der Waals surface area contributed by atoms with Crippen molar-refractivity contribution in [2.75, 3.05) is 13.2 Å². The van der Waals surface area contributed by atoms with Crippen molar-refractivity contribution < 1.29 is 14.3 Å². The lowest BCUT2D eigenvalue weighted by atomic mass is 10.0. The monoisotopic (exact) mass is 240 g/mol. The van der Waals surface area contributed by atoms with Gasteiger partial charge >= 0.3 is 0 Å². The van der Waals surface area contributed by atoms with Crippen LogP contribution in [0.3, 0.4) is 0 Å². The zero-order valence-electron chi connectivity index (χ0n) is 10.4. The Bertz CT molecular complexity index is 343. The van der Waals surface area contributed by atoms with Crippen molar-refractivity contribution in [1.29, 1.82) is 0 Å². The fourth-order valence-corrected chi connectivity index (χ4v) is 1.78. The van der Waals surface area contributed by atoms with Gasteiger partial charge in [0.2, 0.25) is 0 Å². The number of aryl methyl sites for hydroxylation is 1. The average Bonchev–Trinajstić information content (AvgIpc) is 2.72. The van der Waals surface area contributed by atoms with Crippen LogP contribution in [0, 0.1) is 12.8 Å². The summed E-state index contributed by atoms with van der Waals surface area (Å²) in [5, 5.41) is 11.7. The number of amides is 1. The maximum absolute atomic E-state index is 11.7. The highest BCUT2D eigenvalue weighted by molar-refractivity contribution is 5.92. The van der Waals surface area contributed by atoms with E-state index in [0.717, 1.165) is 12.8 Å². The highest BCUT2D eigenvalue weighted by Gasteiger charge is 2.15. The third-order valence-electron chi connectivity index (χ3n) is 2.75. The lowest BCUT2D eigenvalue weighted by Gasteiger charge is -2.15. The molecular weight excluding hydrogens is 220 g/mol. The third kappa shape index (κ3) is 4.19. The highest BCUT2D eigenvalue weighted by Crippen LogP contribution is 2.10. The lowest BCUT2D eigenvalue weighted by Crippen LogP contribution is -2.30. The van der Waals surface area contributed by atoms with Gasteiger partial charge in [-0.1, -0.05) is 13.3 Å². The Balaban J connectivity index is 2.43. The molecule has 5 heteroatoms. The second-order valence-corrected chi connectivity index (χ2v) is 4.13. The molecule has 1 amide bonds. The topological polar surface area (TPSA) is 75.4 Å². The molecule has 0 aliphatic rings. The summed E-state index contributed by atoms with van der Waals surface area (Å²) in [5.74, 6) is 0.633. The number of aromatic nitrogens is 1. The average molecular weight is 240 g/mol. The van der Waals surface area contributed by atoms with Gasteiger partial charge < -0.3 is 14.8 Å². The minimum Gasteiger partial charge on any atom is -0.448 e. The number of carbonyl (C=O) groups excluding carboxylic acids is 1. The van der Waals surface area contributed by atoms with E-state index in [2.05, 4.69) is 17.2 Å². The number of hydrogen-bond donors (Lipinski definition) is 2. The molecule has 1 aromatic rings. The van der Waals surface area contributed by atoms with Gasteiger partial charge in [-0.25, -0.2) is 4.98 Å². The van der Waals surface area contributed by atoms with Gasteiger partial charge in [-0.3, -0.25) is 4.79 Å². The fourth-order valence-electron chi connectivity index (χ4n) is 1.78. The van der Waals surface area contributed by atoms with Crippen molar-refractivity contribution in [3.63, 3.8) is 0 Å². The summed E-state index contributed by atoms with van der Waals surface area (Å²) >= 11 is 0. The lowest BCUT2D eigenvalue weighted by molar-refractivity contribution is 0.0937. The molecule has 1 heterocycles. The molecule has 1 atom stereocenters. The van der Waals surface area contributed by atoms with E-state index in [0.29, 0.717) is 30.3 Å². The van der Waals surface area contributed by atoms with E-state index in [1.807, 2.05) is 0 Å². The summed E-state index contributed by atoms with van der Waals surface area (Å²) in [5.41, 5.74) is 0.337. The van der Waals surface area contributed by atoms with E-state index < -0.39 is 0 Å². The number of nitrogens with zero attached hydrogens (tertiary/aromatic N) is 1. The van der Waals surface area contributed by atoms with Crippen LogP contribution in [0.2, 0.25) is 0 Å². The van der Waals surface area contributed by atoms with Gasteiger partial charge in [0.1, 0.15) is 5.76 Å². The van der Waals surface area contributed by atoms with E-state index in [4.69, 9.17) is 9.52 Å². The number of aliphatic hydroxyl groups is 1. The van der Waals surface area contributed by atoms with E-state index >= 15 is 0 Å². The van der Waals surface area contributed by atoms with E-state index in [1.54, 1.807) is 6.92 Å². The summed E-state index contributed by atoms with van der Waals surface area (Å²) in [7, 11) is 0. The predicted octanol–water partition coefficient (Wildman–Crippen LogP) is 1.51. The van der Waals surface area contributed by atoms with E-state index in [9.17, 15) is 4.79 Å². The minimum atomic E-state index is -0.213. The molecule has 5 nitrogen and oxygen atoms in total. The van der Waals surface area contributed by atoms with Crippen LogP contribution >= 0.6 is 0 Å². The van der Waals surface area contributed by atoms with Crippen molar-refractivity contribution in [3.05, 3.63) is 17.8 Å². The second kappa shape index (κ2) is 7.06. The van der Waals surface area contributed by atoms with Crippen LogP contribution in [0.25, 0.3) is 0 Å². The normalized spacial score (nSPS) is 12.4. The Kier molecular flexibility index (Phi) is 5.69. The summed E-state index contributed by atoms with van der Waals surface area (Å²) in [6, 6.07) is 0. The van der Waals surface area contributed by atoms with Crippen LogP contribution in [0.4, 0.5) is 0 Å². The van der Waals surface area contributed by atoms with Gasteiger partial charge in [-0.2, -0.15) is 0 Å². The first-order valence-corrected chi connectivity index (χ1v) is 5.98. The quantitative estimate of drug-likeness (QED) is 0.757. The van der Waals surface area contributed by atoms with E-state index in [-0.39, 0.29) is 12.5 Å². The molecular formula is C12H20N2O3. The Labute approximate surface area is 101 Å². The van der Waals surface area contributed by atoms with Gasteiger partial charge in [-0.15, -0.1) is 0 Å². The number of rotatable bonds is 7. The molecule has 96 valence electrons. The zero-order chi connectivity index (χ0) is 12.7. The summed E-state index contributed by atoms with van der Waals surface area (Å²) in [4.78, 5) is 15.6. The number of nitrogens with one attached hydrogen (secondary N) is 1. The number of carbonyl (C=O) groups is 1. The largest absolute Gasteiger partial charge is 0.448 e. The molecule has 0 bridgehead atoms. The molecule has 17 heavy (non-hydrogen) atoms. The molecule has 0 radical (unpaired) electrons. The number of hydrogen-bond acceptors (Lipinski definition) is 4. The van der Waals surface area contributed by atoms with Crippen molar-refractivity contribution in [2.24, 2.45) is 5.92 Å². The van der Waals surface area contributed by atoms with Crippen LogP contribution in [0.15, 0.2) is 10.8 Å². The predicted molar refractivity (Wildman–Crippen MR) is 63.7 cm³/mol. The molecule has 1 rings (SSSR count). The smallest absolute Gasteiger partial charge is 0.273 e. The summed E-state index contributed by atoms with van der Waals surface area (Å²) < 4.78 is 4.98. The molecule has 0 aliphatic carbocycles. The highest BCUT2D eigenvalue weighted by atomic mass is 16.3. The summed E-state index contributed by atoms with van der Waals surface area (Å²) in [6.45, 7) is 4.52. The molecule has 1 unspecified atom stereocenters. The maximum Gasteiger partial charge on any atom is 0.273 e. The fraction of sp³-hybridized carbons (Fsp3) is 0.667. The van der Waals surface area contributed by atoms with Crippen LogP contribution < -0.4 is 5.32 Å². The van der Waals surface area contributed by atoms with Crippen LogP contribution in [-0.4, -0.2) is 29.1 Å². The van der Waals surface area contributed by atoms with Crippen LogP contribution in [0.5, 0.6) is 0 Å². The Morgan fingerprint density at radius 2 is 2.35 bits per heavy atom.